The molecule has 0 atom stereocenters. The molecule has 0 radical (unpaired) electrons. The first kappa shape index (κ1) is 18.0. The van der Waals surface area contributed by atoms with Crippen LogP contribution in [0.3, 0.4) is 0 Å². The Labute approximate surface area is 163 Å². The predicted octanol–water partition coefficient (Wildman–Crippen LogP) is 2.71. The van der Waals surface area contributed by atoms with E-state index in [1.165, 1.54) is 21.6 Å². The van der Waals surface area contributed by atoms with Gasteiger partial charge >= 0.3 is 0 Å². The number of hydrogen-bond donors (Lipinski definition) is 0. The molecule has 0 saturated heterocycles. The fourth-order valence-corrected chi connectivity index (χ4v) is 2.90. The van der Waals surface area contributed by atoms with E-state index in [1.807, 2.05) is 0 Å². The summed E-state index contributed by atoms with van der Waals surface area (Å²) in [7, 11) is 0. The number of aromatic nitrogens is 5. The van der Waals surface area contributed by atoms with Gasteiger partial charge < -0.3 is 0 Å². The Balaban J connectivity index is 1.63. The molecule has 2 heterocycles. The smallest absolute Gasteiger partial charge is 0.283 e. The van der Waals surface area contributed by atoms with Crippen molar-refractivity contribution >= 4 is 28.5 Å². The first-order chi connectivity index (χ1) is 13.5. The van der Waals surface area contributed by atoms with Crippen LogP contribution < -0.4 is 5.56 Å². The Morgan fingerprint density at radius 3 is 2.61 bits per heavy atom. The molecular formula is C19H13ClFN5O2. The van der Waals surface area contributed by atoms with Gasteiger partial charge in [0.05, 0.1) is 13.1 Å². The van der Waals surface area contributed by atoms with Crippen LogP contribution in [0.25, 0.3) is 11.2 Å². The number of carbonyl (C=O) groups is 1. The monoisotopic (exact) mass is 397 g/mol. The highest BCUT2D eigenvalue weighted by Gasteiger charge is 2.15. The molecule has 0 unspecified atom stereocenters. The molecule has 140 valence electrons. The third-order valence-corrected chi connectivity index (χ3v) is 4.50. The van der Waals surface area contributed by atoms with Gasteiger partial charge in [0.1, 0.15) is 12.1 Å². The zero-order chi connectivity index (χ0) is 19.7. The highest BCUT2D eigenvalue weighted by Crippen LogP contribution is 2.12. The lowest BCUT2D eigenvalue weighted by Crippen LogP contribution is -2.25. The molecule has 0 aliphatic rings. The van der Waals surface area contributed by atoms with Gasteiger partial charge in [0, 0.05) is 16.1 Å². The van der Waals surface area contributed by atoms with E-state index in [2.05, 4.69) is 15.3 Å². The maximum atomic E-state index is 13.9. The average Bonchev–Trinajstić information content (AvgIpc) is 3.10. The topological polar surface area (TPSA) is 82.7 Å². The van der Waals surface area contributed by atoms with Gasteiger partial charge in [-0.1, -0.05) is 35.0 Å². The van der Waals surface area contributed by atoms with Crippen LogP contribution in [-0.2, 0) is 13.1 Å². The Hall–Kier alpha value is -3.39. The van der Waals surface area contributed by atoms with Crippen LogP contribution in [0, 0.1) is 5.82 Å². The molecule has 0 spiro atoms. The first-order valence-corrected chi connectivity index (χ1v) is 8.71. The summed E-state index contributed by atoms with van der Waals surface area (Å²) in [5.41, 5.74) is 0.580. The number of nitrogens with zero attached hydrogens (tertiary/aromatic N) is 5. The number of halogens is 2. The number of Topliss-reactive ketones (excluding diaryl/α,β-unsaturated/α-hetero) is 1. The Bertz CT molecular complexity index is 1230. The summed E-state index contributed by atoms with van der Waals surface area (Å²) < 4.78 is 16.4. The van der Waals surface area contributed by atoms with Crippen molar-refractivity contribution < 1.29 is 9.18 Å². The second-order valence-electron chi connectivity index (χ2n) is 6.12. The van der Waals surface area contributed by atoms with Gasteiger partial charge in [0.25, 0.3) is 5.56 Å². The molecule has 9 heteroatoms. The highest BCUT2D eigenvalue weighted by atomic mass is 35.5. The van der Waals surface area contributed by atoms with Crippen LogP contribution in [0.15, 0.2) is 59.7 Å². The van der Waals surface area contributed by atoms with Gasteiger partial charge in [-0.3, -0.25) is 14.2 Å². The molecule has 2 aromatic carbocycles. The molecule has 28 heavy (non-hydrogen) atoms. The molecule has 0 fully saturated rings. The summed E-state index contributed by atoms with van der Waals surface area (Å²) in [6.07, 6.45) is 1.26. The van der Waals surface area contributed by atoms with E-state index in [0.29, 0.717) is 16.1 Å². The van der Waals surface area contributed by atoms with Crippen molar-refractivity contribution in [1.82, 2.24) is 24.5 Å². The van der Waals surface area contributed by atoms with Crippen molar-refractivity contribution in [2.24, 2.45) is 0 Å². The van der Waals surface area contributed by atoms with Gasteiger partial charge in [-0.25, -0.2) is 14.1 Å². The third-order valence-electron chi connectivity index (χ3n) is 4.25. The lowest BCUT2D eigenvalue weighted by molar-refractivity contribution is 0.0970. The minimum absolute atomic E-state index is 0.0164. The molecule has 2 aromatic heterocycles. The second-order valence-corrected chi connectivity index (χ2v) is 6.55. The van der Waals surface area contributed by atoms with Gasteiger partial charge in [0.2, 0.25) is 0 Å². The summed E-state index contributed by atoms with van der Waals surface area (Å²) in [5, 5.41) is 8.28. The highest BCUT2D eigenvalue weighted by molar-refractivity contribution is 6.30. The zero-order valence-corrected chi connectivity index (χ0v) is 15.2. The molecule has 0 aliphatic carbocycles. The lowest BCUT2D eigenvalue weighted by Gasteiger charge is -2.06. The summed E-state index contributed by atoms with van der Waals surface area (Å²) in [4.78, 5) is 29.2. The molecule has 0 aliphatic heterocycles. The van der Waals surface area contributed by atoms with Crippen LogP contribution in [0.2, 0.25) is 5.02 Å². The van der Waals surface area contributed by atoms with Crippen molar-refractivity contribution in [2.45, 2.75) is 13.1 Å². The van der Waals surface area contributed by atoms with Gasteiger partial charge in [-0.15, -0.1) is 5.10 Å². The largest absolute Gasteiger partial charge is 0.292 e. The van der Waals surface area contributed by atoms with Crippen molar-refractivity contribution in [3.05, 3.63) is 87.2 Å². The van der Waals surface area contributed by atoms with E-state index in [1.54, 1.807) is 42.5 Å². The third kappa shape index (κ3) is 3.41. The SMILES string of the molecule is O=C(Cn1cnc2c(nnn2Cc2ccccc2F)c1=O)c1ccc(Cl)cc1. The first-order valence-electron chi connectivity index (χ1n) is 8.34. The fraction of sp³-hybridized carbons (Fsp3) is 0.105. The van der Waals surface area contributed by atoms with E-state index >= 15 is 0 Å². The van der Waals surface area contributed by atoms with E-state index in [0.717, 1.165) is 0 Å². The molecule has 0 saturated carbocycles. The quantitative estimate of drug-likeness (QED) is 0.483. The molecule has 0 N–H and O–H groups in total. The van der Waals surface area contributed by atoms with Crippen LogP contribution in [0.1, 0.15) is 15.9 Å². The summed E-state index contributed by atoms with van der Waals surface area (Å²) in [6, 6.07) is 12.7. The zero-order valence-electron chi connectivity index (χ0n) is 14.4. The van der Waals surface area contributed by atoms with Crippen molar-refractivity contribution in [3.8, 4) is 0 Å². The average molecular weight is 398 g/mol. The molecule has 4 aromatic rings. The fourth-order valence-electron chi connectivity index (χ4n) is 2.78. The summed E-state index contributed by atoms with van der Waals surface area (Å²) in [6.45, 7) is -0.104. The number of ketones is 1. The minimum atomic E-state index is -0.493. The molecule has 0 amide bonds. The van der Waals surface area contributed by atoms with Crippen LogP contribution in [0.5, 0.6) is 0 Å². The lowest BCUT2D eigenvalue weighted by atomic mass is 10.1. The van der Waals surface area contributed by atoms with Gasteiger partial charge in [-0.2, -0.15) is 0 Å². The number of hydrogen-bond acceptors (Lipinski definition) is 5. The number of fused-ring (bicyclic) bond motifs is 1. The molecule has 0 bridgehead atoms. The molecular weight excluding hydrogens is 385 g/mol. The van der Waals surface area contributed by atoms with E-state index in [4.69, 9.17) is 11.6 Å². The van der Waals surface area contributed by atoms with Crippen molar-refractivity contribution in [2.75, 3.05) is 0 Å². The predicted molar refractivity (Wildman–Crippen MR) is 101 cm³/mol. The summed E-state index contributed by atoms with van der Waals surface area (Å²) >= 11 is 5.82. The number of rotatable bonds is 5. The van der Waals surface area contributed by atoms with E-state index in [-0.39, 0.29) is 35.9 Å². The molecule has 4 rings (SSSR count). The van der Waals surface area contributed by atoms with Crippen LogP contribution in [0.4, 0.5) is 4.39 Å². The van der Waals surface area contributed by atoms with Crippen LogP contribution in [-0.4, -0.2) is 30.3 Å². The Morgan fingerprint density at radius 1 is 1.11 bits per heavy atom. The Morgan fingerprint density at radius 2 is 1.86 bits per heavy atom. The number of carbonyl (C=O) groups excluding carboxylic acids is 1. The van der Waals surface area contributed by atoms with Gasteiger partial charge in [-0.05, 0) is 30.3 Å². The minimum Gasteiger partial charge on any atom is -0.292 e. The standard InChI is InChI=1S/C19H13ClFN5O2/c20-14-7-5-12(6-8-14)16(27)10-25-11-22-18-17(19(25)28)23-24-26(18)9-13-3-1-2-4-15(13)21/h1-8,11H,9-10H2. The maximum Gasteiger partial charge on any atom is 0.283 e. The Kier molecular flexibility index (Phi) is 4.70. The van der Waals surface area contributed by atoms with Crippen molar-refractivity contribution in [3.63, 3.8) is 0 Å². The van der Waals surface area contributed by atoms with E-state index < -0.39 is 5.56 Å². The van der Waals surface area contributed by atoms with Gasteiger partial charge in [0.15, 0.2) is 16.9 Å². The molecule has 7 nitrogen and oxygen atoms in total. The second kappa shape index (κ2) is 7.32. The normalized spacial score (nSPS) is 11.1. The van der Waals surface area contributed by atoms with Crippen molar-refractivity contribution in [1.29, 1.82) is 0 Å². The number of benzene rings is 2. The summed E-state index contributed by atoms with van der Waals surface area (Å²) in [5.74, 6) is -0.647. The maximum absolute atomic E-state index is 13.9. The van der Waals surface area contributed by atoms with E-state index in [9.17, 15) is 14.0 Å². The van der Waals surface area contributed by atoms with Crippen LogP contribution >= 0.6 is 11.6 Å².